The Labute approximate surface area is 339 Å². The van der Waals surface area contributed by atoms with Gasteiger partial charge in [-0.05, 0) is 118 Å². The van der Waals surface area contributed by atoms with Crippen LogP contribution in [0.3, 0.4) is 0 Å². The summed E-state index contributed by atoms with van der Waals surface area (Å²) >= 11 is 2.40. The first-order valence-electron chi connectivity index (χ1n) is 19.1. The maximum absolute atomic E-state index is 15.8. The molecular formula is C48H34F6O2S2. The molecule has 1 saturated carbocycles. The molecule has 1 fully saturated rings. The van der Waals surface area contributed by atoms with Crippen molar-refractivity contribution in [3.63, 3.8) is 0 Å². The van der Waals surface area contributed by atoms with Crippen LogP contribution in [0.15, 0.2) is 144 Å². The molecular weight excluding hydrogens is 787 g/mol. The minimum atomic E-state index is -5.63. The second kappa shape index (κ2) is 12.8. The van der Waals surface area contributed by atoms with Crippen LogP contribution in [-0.2, 0) is 11.2 Å². The van der Waals surface area contributed by atoms with Gasteiger partial charge in [0.25, 0.3) is 0 Å². The van der Waals surface area contributed by atoms with Crippen LogP contribution in [0, 0.1) is 0 Å². The zero-order chi connectivity index (χ0) is 40.4. The molecule has 2 atom stereocenters. The van der Waals surface area contributed by atoms with Gasteiger partial charge in [0.1, 0.15) is 0 Å². The monoisotopic (exact) mass is 820 g/mol. The van der Waals surface area contributed by atoms with E-state index in [2.05, 4.69) is 54.6 Å². The van der Waals surface area contributed by atoms with Crippen molar-refractivity contribution in [3.05, 3.63) is 166 Å². The molecule has 6 aromatic rings. The molecule has 0 N–H and O–H groups in total. The van der Waals surface area contributed by atoms with Crippen molar-refractivity contribution in [2.45, 2.75) is 60.4 Å². The lowest BCUT2D eigenvalue weighted by molar-refractivity contribution is -0.258. The van der Waals surface area contributed by atoms with E-state index >= 15 is 26.3 Å². The maximum atomic E-state index is 15.8. The molecule has 10 heteroatoms. The number of esters is 1. The molecule has 0 aromatic heterocycles. The van der Waals surface area contributed by atoms with Crippen molar-refractivity contribution in [1.29, 1.82) is 0 Å². The van der Waals surface area contributed by atoms with Gasteiger partial charge in [-0.2, -0.15) is 26.3 Å². The Morgan fingerprint density at radius 1 is 0.586 bits per heavy atom. The van der Waals surface area contributed by atoms with Gasteiger partial charge in [0, 0.05) is 21.0 Å². The molecule has 0 spiro atoms. The van der Waals surface area contributed by atoms with Crippen LogP contribution in [-0.4, -0.2) is 39.8 Å². The van der Waals surface area contributed by atoms with E-state index in [9.17, 15) is 4.79 Å². The van der Waals surface area contributed by atoms with Gasteiger partial charge in [-0.1, -0.05) is 97.1 Å². The molecule has 2 heterocycles. The van der Waals surface area contributed by atoms with E-state index in [1.165, 1.54) is 73.6 Å². The highest BCUT2D eigenvalue weighted by molar-refractivity contribution is 8.14. The number of unbranched alkanes of at least 4 members (excludes halogenated alkanes) is 1. The van der Waals surface area contributed by atoms with Crippen molar-refractivity contribution in [3.8, 4) is 0 Å². The average molecular weight is 821 g/mol. The van der Waals surface area contributed by atoms with Crippen LogP contribution in [0.5, 0.6) is 0 Å². The van der Waals surface area contributed by atoms with Gasteiger partial charge in [0.2, 0.25) is 0 Å². The molecule has 6 aromatic carbocycles. The number of hydrogen-bond acceptors (Lipinski definition) is 4. The normalized spacial score (nSPS) is 24.0. The summed E-state index contributed by atoms with van der Waals surface area (Å²) in [7, 11) is 0. The van der Waals surface area contributed by atoms with Crippen molar-refractivity contribution < 1.29 is 35.9 Å². The number of rotatable bonds is 8. The first-order valence-corrected chi connectivity index (χ1v) is 20.7. The Morgan fingerprint density at radius 2 is 1.12 bits per heavy atom. The van der Waals surface area contributed by atoms with E-state index in [0.717, 1.165) is 12.8 Å². The van der Waals surface area contributed by atoms with Gasteiger partial charge >= 0.3 is 23.7 Å². The highest BCUT2D eigenvalue weighted by Gasteiger charge is 2.84. The van der Waals surface area contributed by atoms with Gasteiger partial charge in [0.15, 0.2) is 0 Å². The molecule has 0 bridgehead atoms. The first kappa shape index (κ1) is 37.3. The lowest BCUT2D eigenvalue weighted by Crippen LogP contribution is -2.48. The van der Waals surface area contributed by atoms with Gasteiger partial charge < -0.3 is 4.74 Å². The molecule has 292 valence electrons. The lowest BCUT2D eigenvalue weighted by atomic mass is 9.71. The predicted molar refractivity (Wildman–Crippen MR) is 223 cm³/mol. The van der Waals surface area contributed by atoms with Gasteiger partial charge in [-0.3, -0.25) is 0 Å². The standard InChI is InChI=1S/C48H34F6O2S2/c1-44-35(25-37(57-44)28-10-4-3-5-11-28)41-42(47(51,52)48(53,54)46(41,49)50)36-26-38(58-45(36,44)2)29-15-20-33(21-16-29)43(55)56-24-7-6-9-27-14-17-32-19-18-30-12-8-13-31-22-23-34(27)40(32)39(30)31/h3-5,8,10-23,25-26H,6-7,9,24H2,1-2H3. The van der Waals surface area contributed by atoms with Gasteiger partial charge in [0.05, 0.1) is 21.7 Å². The van der Waals surface area contributed by atoms with E-state index in [1.54, 1.807) is 68.4 Å². The topological polar surface area (TPSA) is 26.3 Å². The van der Waals surface area contributed by atoms with Crippen LogP contribution in [0.4, 0.5) is 26.3 Å². The minimum Gasteiger partial charge on any atom is -0.462 e. The largest absolute Gasteiger partial charge is 0.462 e. The molecule has 0 saturated heterocycles. The predicted octanol–water partition coefficient (Wildman–Crippen LogP) is 13.7. The molecule has 0 radical (unpaired) electrons. The number of benzene rings is 6. The smallest absolute Gasteiger partial charge is 0.380 e. The minimum absolute atomic E-state index is 0.212. The number of aryl methyl sites for hydroxylation is 1. The number of ether oxygens (including phenoxy) is 1. The Morgan fingerprint density at radius 3 is 1.72 bits per heavy atom. The van der Waals surface area contributed by atoms with E-state index in [-0.39, 0.29) is 23.3 Å². The zero-order valence-electron chi connectivity index (χ0n) is 31.3. The van der Waals surface area contributed by atoms with Crippen molar-refractivity contribution >= 4 is 71.6 Å². The van der Waals surface area contributed by atoms with E-state index < -0.39 is 44.4 Å². The molecule has 10 rings (SSSR count). The number of halogens is 6. The van der Waals surface area contributed by atoms with Crippen LogP contribution in [0.25, 0.3) is 42.1 Å². The quantitative estimate of drug-likeness (QED) is 0.0661. The van der Waals surface area contributed by atoms with Crippen molar-refractivity contribution in [2.75, 3.05) is 6.61 Å². The third-order valence-corrected chi connectivity index (χ3v) is 15.8. The SMILES string of the molecule is CC12SC(c3ccccc3)=CC1=C1C(=C3C=C(c4ccc(C(=O)OCCCCc5ccc6ccc7cccc8ccc5c6c78)cc4)SC32C)C(F)(F)C(F)(F)C1(F)F. The fraction of sp³-hybridized carbons (Fsp3) is 0.229. The summed E-state index contributed by atoms with van der Waals surface area (Å²) in [5.41, 5.74) is -0.310. The number of carbonyl (C=O) groups excluding carboxylic acids is 1. The summed E-state index contributed by atoms with van der Waals surface area (Å²) in [6.07, 6.45) is 5.03. The van der Waals surface area contributed by atoms with Crippen molar-refractivity contribution in [2.24, 2.45) is 0 Å². The fourth-order valence-electron chi connectivity index (χ4n) is 9.25. The second-order valence-corrected chi connectivity index (χ2v) is 18.6. The number of fused-ring (bicyclic) bond motifs is 4. The molecule has 2 aliphatic carbocycles. The Hall–Kier alpha value is -4.93. The Bertz CT molecular complexity index is 2830. The third kappa shape index (κ3) is 5.06. The van der Waals surface area contributed by atoms with Crippen LogP contribution in [0.1, 0.15) is 53.7 Å². The summed E-state index contributed by atoms with van der Waals surface area (Å²) in [4.78, 5) is 14.1. The highest BCUT2D eigenvalue weighted by Crippen LogP contribution is 2.75. The molecule has 4 aliphatic rings. The molecule has 2 nitrogen and oxygen atoms in total. The third-order valence-electron chi connectivity index (χ3n) is 12.5. The summed E-state index contributed by atoms with van der Waals surface area (Å²) in [5.74, 6) is -16.4. The average Bonchev–Trinajstić information content (AvgIpc) is 3.80. The summed E-state index contributed by atoms with van der Waals surface area (Å²) in [6, 6.07) is 34.6. The summed E-state index contributed by atoms with van der Waals surface area (Å²) in [6.45, 7) is 3.55. The number of alkyl halides is 6. The molecule has 0 amide bonds. The molecule has 2 aliphatic heterocycles. The number of hydrogen-bond donors (Lipinski definition) is 0. The number of thioether (sulfide) groups is 2. The Kier molecular flexibility index (Phi) is 8.23. The number of allylic oxidation sites excluding steroid dienone is 4. The van der Waals surface area contributed by atoms with E-state index in [1.807, 2.05) is 0 Å². The zero-order valence-corrected chi connectivity index (χ0v) is 32.9. The van der Waals surface area contributed by atoms with Crippen molar-refractivity contribution in [1.82, 2.24) is 0 Å². The first-order chi connectivity index (χ1) is 27.7. The maximum Gasteiger partial charge on any atom is 0.380 e. The fourth-order valence-corrected chi connectivity index (χ4v) is 12.4. The lowest BCUT2D eigenvalue weighted by Gasteiger charge is -2.47. The van der Waals surface area contributed by atoms with Crippen LogP contribution < -0.4 is 0 Å². The highest BCUT2D eigenvalue weighted by atomic mass is 32.2. The van der Waals surface area contributed by atoms with Crippen LogP contribution >= 0.6 is 23.5 Å². The second-order valence-electron chi connectivity index (χ2n) is 15.7. The Balaban J connectivity index is 0.868. The van der Waals surface area contributed by atoms with E-state index in [0.29, 0.717) is 27.4 Å². The van der Waals surface area contributed by atoms with Gasteiger partial charge in [-0.15, -0.1) is 23.5 Å². The summed E-state index contributed by atoms with van der Waals surface area (Å²) < 4.78 is 96.4. The van der Waals surface area contributed by atoms with Crippen LogP contribution in [0.2, 0.25) is 0 Å². The molecule has 58 heavy (non-hydrogen) atoms. The number of carbonyl (C=O) groups is 1. The van der Waals surface area contributed by atoms with E-state index in [4.69, 9.17) is 4.74 Å². The van der Waals surface area contributed by atoms with Gasteiger partial charge in [-0.25, -0.2) is 4.79 Å². The summed E-state index contributed by atoms with van der Waals surface area (Å²) in [5, 5.41) is 7.41. The molecule has 2 unspecified atom stereocenters.